The molecular weight excluding hydrogens is 980 g/mol. The van der Waals surface area contributed by atoms with E-state index in [-0.39, 0.29) is 62.2 Å². The van der Waals surface area contributed by atoms with Crippen LogP contribution in [0.4, 0.5) is 11.4 Å². The minimum Gasteiger partial charge on any atom is -0.284 e. The van der Waals surface area contributed by atoms with E-state index >= 15 is 0 Å². The summed E-state index contributed by atoms with van der Waals surface area (Å²) in [5.74, 6) is 0. The Kier molecular flexibility index (Phi) is 28.4. The smallest absolute Gasteiger partial charge is 0.284 e. The van der Waals surface area contributed by atoms with Gasteiger partial charge >= 0.3 is 62.0 Å². The van der Waals surface area contributed by atoms with E-state index in [1.807, 2.05) is 30.4 Å². The fourth-order valence-electron chi connectivity index (χ4n) is 7.22. The van der Waals surface area contributed by atoms with Gasteiger partial charge in [-0.25, -0.2) is 0 Å². The molecule has 0 radical (unpaired) electrons. The number of allylic oxidation sites excluding steroid dienone is 24. The van der Waals surface area contributed by atoms with Crippen molar-refractivity contribution in [1.29, 1.82) is 0 Å². The molecule has 2 aliphatic heterocycles. The molecule has 0 saturated heterocycles. The van der Waals surface area contributed by atoms with Crippen LogP contribution in [0, 0.1) is 13.0 Å². The predicted octanol–water partition coefficient (Wildman–Crippen LogP) is 12.2. The Labute approximate surface area is 452 Å². The summed E-state index contributed by atoms with van der Waals surface area (Å²) in [6.07, 6.45) is 51.2. The van der Waals surface area contributed by atoms with E-state index in [1.54, 1.807) is 0 Å². The van der Waals surface area contributed by atoms with Crippen molar-refractivity contribution in [2.24, 2.45) is 4.99 Å². The standard InChI is InChI=1S/C23H28N.2C11H13Br.C11H12N.K.O3S/c1-18-14-15-22-21(17-18)23(3,4)19(2)24(22)16-10-13-20-11-8-6-5-7-9-12-20;2*12-10-6-9-11-7-4-2-1-3-5-8-11;1-8-11(2,3)9-6-4-5-7-10(9)12-8;;1-4(2)3/h5-9,11-12,14-15,17H,10,13,16H2,1-4H3;2*1-5,7-8H,6,9-10H2;5-7H,1-3H3;;/q+1;;;-1;+1;/b6-5-,7-5?,8-6?,9-7-,11-8?,12-9?,20-11?,20-12?;2*2-1-,3-1?,4-2?,5-3-,7-4?,8-5?,11-7?,11-8?;;;. The van der Waals surface area contributed by atoms with Crippen LogP contribution in [0.15, 0.2) is 186 Å². The van der Waals surface area contributed by atoms with Gasteiger partial charge in [-0.3, -0.25) is 4.99 Å². The zero-order valence-corrected chi connectivity index (χ0v) is 46.8. The van der Waals surface area contributed by atoms with Crippen molar-refractivity contribution in [3.63, 3.8) is 0 Å². The van der Waals surface area contributed by atoms with Gasteiger partial charge in [0.25, 0.3) is 0 Å². The SMILES string of the molecule is BrCCCC1=C/C=C\C=C/C=C1.BrCCCC1=C/C=C\C=C/C=C1.CC1=Nc2cc[c-]cc2C1(C)C.CC1=[N+](CCCC2=C/C=C\C=C/C=C2)c2ccc(C)cc2C1(C)C.O=S(=O)=O.[K+]. The maximum Gasteiger partial charge on any atom is 1.00 e. The molecule has 5 aliphatic rings. The molecule has 0 bridgehead atoms. The summed E-state index contributed by atoms with van der Waals surface area (Å²) < 4.78 is 27.9. The third kappa shape index (κ3) is 20.7. The largest absolute Gasteiger partial charge is 1.00 e. The molecule has 338 valence electrons. The molecular formula is C56H66Br2KN2O3S+. The van der Waals surface area contributed by atoms with E-state index in [1.165, 1.54) is 63.4 Å². The normalized spacial score (nSPS) is 19.3. The molecule has 0 N–H and O–H groups in total. The zero-order valence-electron chi connectivity index (χ0n) is 39.7. The van der Waals surface area contributed by atoms with Crippen LogP contribution in [0.5, 0.6) is 0 Å². The molecule has 2 aromatic rings. The second-order valence-electron chi connectivity index (χ2n) is 16.7. The van der Waals surface area contributed by atoms with Crippen molar-refractivity contribution in [1.82, 2.24) is 0 Å². The number of nitrogens with zero attached hydrogens (tertiary/aromatic N) is 2. The molecule has 9 heteroatoms. The minimum atomic E-state index is -3.11. The van der Waals surface area contributed by atoms with Crippen molar-refractivity contribution in [3.05, 3.63) is 203 Å². The van der Waals surface area contributed by atoms with Crippen LogP contribution in [-0.2, 0) is 21.4 Å². The zero-order chi connectivity index (χ0) is 46.8. The van der Waals surface area contributed by atoms with Crippen molar-refractivity contribution in [2.75, 3.05) is 17.2 Å². The first-order valence-corrected chi connectivity index (χ1v) is 25.3. The van der Waals surface area contributed by atoms with Crippen molar-refractivity contribution >= 4 is 65.3 Å². The molecule has 3 aliphatic carbocycles. The van der Waals surface area contributed by atoms with Gasteiger partial charge in [-0.2, -0.15) is 22.8 Å². The van der Waals surface area contributed by atoms with Crippen molar-refractivity contribution in [2.45, 2.75) is 97.8 Å². The third-order valence-electron chi connectivity index (χ3n) is 11.4. The van der Waals surface area contributed by atoms with Crippen molar-refractivity contribution in [3.8, 4) is 0 Å². The third-order valence-corrected chi connectivity index (χ3v) is 12.5. The van der Waals surface area contributed by atoms with Gasteiger partial charge in [0, 0.05) is 41.3 Å². The Balaban J connectivity index is 0.000000304. The van der Waals surface area contributed by atoms with E-state index in [0.717, 1.165) is 48.6 Å². The van der Waals surface area contributed by atoms with Gasteiger partial charge in [0.15, 0.2) is 5.71 Å². The summed E-state index contributed by atoms with van der Waals surface area (Å²) in [4.78, 5) is 4.50. The van der Waals surface area contributed by atoms with Crippen LogP contribution >= 0.6 is 31.9 Å². The topological polar surface area (TPSA) is 66.6 Å². The van der Waals surface area contributed by atoms with Gasteiger partial charge in [0.05, 0.1) is 5.41 Å². The van der Waals surface area contributed by atoms with Gasteiger partial charge in [0.1, 0.15) is 6.54 Å². The molecule has 0 spiro atoms. The number of alkyl halides is 2. The fraction of sp³-hybridized carbons (Fsp3) is 0.321. The summed E-state index contributed by atoms with van der Waals surface area (Å²) in [5.41, 5.74) is 13.7. The number of rotatable bonds is 10. The summed E-state index contributed by atoms with van der Waals surface area (Å²) in [5, 5.41) is 2.16. The molecule has 0 aromatic heterocycles. The van der Waals surface area contributed by atoms with Gasteiger partial charge in [-0.15, -0.1) is 24.3 Å². The summed E-state index contributed by atoms with van der Waals surface area (Å²) in [6.45, 7) is 16.7. The molecule has 0 amide bonds. The number of benzene rings is 2. The molecule has 0 atom stereocenters. The Morgan fingerprint density at radius 1 is 0.600 bits per heavy atom. The van der Waals surface area contributed by atoms with E-state index in [9.17, 15) is 0 Å². The Morgan fingerprint density at radius 3 is 1.51 bits per heavy atom. The Bertz CT molecular complexity index is 2380. The fourth-order valence-corrected chi connectivity index (χ4v) is 7.79. The number of aryl methyl sites for hydroxylation is 1. The van der Waals surface area contributed by atoms with Gasteiger partial charge in [-0.05, 0) is 93.7 Å². The molecule has 2 heterocycles. The maximum atomic E-state index is 8.44. The summed E-state index contributed by atoms with van der Waals surface area (Å²) in [7, 11) is -3.11. The van der Waals surface area contributed by atoms with Crippen LogP contribution in [0.25, 0.3) is 0 Å². The Hall–Kier alpha value is -3.12. The van der Waals surface area contributed by atoms with Gasteiger partial charge in [0.2, 0.25) is 5.69 Å². The summed E-state index contributed by atoms with van der Waals surface area (Å²) in [6, 6.07) is 16.0. The first-order valence-electron chi connectivity index (χ1n) is 22.0. The van der Waals surface area contributed by atoms with E-state index in [0.29, 0.717) is 0 Å². The van der Waals surface area contributed by atoms with Crippen LogP contribution in [0.3, 0.4) is 0 Å². The molecule has 2 aromatic carbocycles. The quantitative estimate of drug-likeness (QED) is 0.103. The van der Waals surface area contributed by atoms with E-state index in [4.69, 9.17) is 12.6 Å². The van der Waals surface area contributed by atoms with E-state index in [2.05, 4.69) is 230 Å². The Morgan fingerprint density at radius 2 is 1.05 bits per heavy atom. The average molecular weight is 1050 g/mol. The molecule has 0 unspecified atom stereocenters. The number of hydrogen-bond donors (Lipinski definition) is 0. The van der Waals surface area contributed by atoms with Crippen LogP contribution < -0.4 is 51.4 Å². The first kappa shape index (κ1) is 58.0. The molecule has 5 nitrogen and oxygen atoms in total. The molecule has 0 saturated carbocycles. The minimum absolute atomic E-state index is 0. The number of halogens is 2. The summed E-state index contributed by atoms with van der Waals surface area (Å²) >= 11 is 6.86. The maximum absolute atomic E-state index is 8.44. The predicted molar refractivity (Wildman–Crippen MR) is 282 cm³/mol. The van der Waals surface area contributed by atoms with Gasteiger partial charge < -0.3 is 0 Å². The van der Waals surface area contributed by atoms with Crippen LogP contribution in [0.2, 0.25) is 0 Å². The van der Waals surface area contributed by atoms with Crippen molar-refractivity contribution < 1.29 is 68.6 Å². The molecule has 0 fully saturated rings. The first-order chi connectivity index (χ1) is 30.7. The van der Waals surface area contributed by atoms with Crippen LogP contribution in [-0.4, -0.2) is 45.8 Å². The van der Waals surface area contributed by atoms with E-state index < -0.39 is 10.6 Å². The van der Waals surface area contributed by atoms with Crippen LogP contribution in [0.1, 0.15) is 96.8 Å². The second kappa shape index (κ2) is 31.8. The molecule has 7 rings (SSSR count). The second-order valence-corrected chi connectivity index (χ2v) is 18.6. The number of hydrogen-bond acceptors (Lipinski definition) is 4. The monoisotopic (exact) mass is 1040 g/mol. The number of aliphatic imine (C=N–C) groups is 1. The average Bonchev–Trinajstić information content (AvgIpc) is 3.57. The number of fused-ring (bicyclic) bond motifs is 2. The van der Waals surface area contributed by atoms with Gasteiger partial charge in [-0.1, -0.05) is 185 Å². The molecule has 65 heavy (non-hydrogen) atoms.